The Kier molecular flexibility index (Phi) is 4.04. The van der Waals surface area contributed by atoms with Crippen LogP contribution in [-0.2, 0) is 27.8 Å². The van der Waals surface area contributed by atoms with Gasteiger partial charge in [0.15, 0.2) is 0 Å². The minimum absolute atomic E-state index is 0.240. The summed E-state index contributed by atoms with van der Waals surface area (Å²) >= 11 is 0. The van der Waals surface area contributed by atoms with Gasteiger partial charge < -0.3 is 9.47 Å². The molecule has 0 saturated carbocycles. The molecular formula is C16H17NO4S. The van der Waals surface area contributed by atoms with Crippen molar-refractivity contribution in [3.05, 3.63) is 53.6 Å². The Labute approximate surface area is 129 Å². The van der Waals surface area contributed by atoms with Crippen molar-refractivity contribution >= 4 is 15.7 Å². The largest absolute Gasteiger partial charge is 0.493 e. The second kappa shape index (κ2) is 5.98. The van der Waals surface area contributed by atoms with Crippen LogP contribution in [0.15, 0.2) is 47.4 Å². The summed E-state index contributed by atoms with van der Waals surface area (Å²) in [5.74, 6) is 0.763. The minimum Gasteiger partial charge on any atom is -0.493 e. The molecule has 0 aromatic heterocycles. The van der Waals surface area contributed by atoms with E-state index in [4.69, 9.17) is 9.47 Å². The maximum Gasteiger partial charge on any atom is 0.261 e. The topological polar surface area (TPSA) is 64.6 Å². The van der Waals surface area contributed by atoms with Gasteiger partial charge in [0.05, 0.1) is 23.8 Å². The van der Waals surface area contributed by atoms with Crippen LogP contribution in [0.5, 0.6) is 5.75 Å². The predicted molar refractivity (Wildman–Crippen MR) is 83.6 cm³/mol. The molecule has 6 heteroatoms. The number of rotatable bonds is 5. The summed E-state index contributed by atoms with van der Waals surface area (Å²) in [7, 11) is -2.06. The van der Waals surface area contributed by atoms with Crippen molar-refractivity contribution in [3.63, 3.8) is 0 Å². The Bertz CT molecular complexity index is 786. The highest BCUT2D eigenvalue weighted by molar-refractivity contribution is 7.92. The van der Waals surface area contributed by atoms with Gasteiger partial charge in [0.2, 0.25) is 0 Å². The van der Waals surface area contributed by atoms with Crippen LogP contribution in [0, 0.1) is 0 Å². The third kappa shape index (κ3) is 2.93. The maximum absolute atomic E-state index is 12.6. The molecule has 0 amide bonds. The number of anilines is 1. The first-order valence-corrected chi connectivity index (χ1v) is 8.44. The summed E-state index contributed by atoms with van der Waals surface area (Å²) in [5, 5.41) is 0. The fraction of sp³-hybridized carbons (Fsp3) is 0.250. The van der Waals surface area contributed by atoms with Gasteiger partial charge in [-0.1, -0.05) is 18.2 Å². The summed E-state index contributed by atoms with van der Waals surface area (Å²) in [6, 6.07) is 12.1. The number of fused-ring (bicyclic) bond motifs is 1. The molecule has 0 unspecified atom stereocenters. The third-order valence-corrected chi connectivity index (χ3v) is 4.90. The molecule has 0 atom stereocenters. The first-order chi connectivity index (χ1) is 10.6. The molecule has 2 aromatic carbocycles. The van der Waals surface area contributed by atoms with Crippen molar-refractivity contribution in [1.29, 1.82) is 0 Å². The highest BCUT2D eigenvalue weighted by Crippen LogP contribution is 2.29. The van der Waals surface area contributed by atoms with Crippen molar-refractivity contribution in [2.45, 2.75) is 17.9 Å². The molecule has 0 aliphatic carbocycles. The van der Waals surface area contributed by atoms with E-state index in [1.54, 1.807) is 37.4 Å². The van der Waals surface area contributed by atoms with E-state index in [1.165, 1.54) is 0 Å². The molecule has 2 aromatic rings. The smallest absolute Gasteiger partial charge is 0.261 e. The maximum atomic E-state index is 12.6. The summed E-state index contributed by atoms with van der Waals surface area (Å²) in [5.41, 5.74) is 2.24. The number of ether oxygens (including phenoxy) is 2. The number of methoxy groups -OCH3 is 1. The van der Waals surface area contributed by atoms with Gasteiger partial charge in [0.1, 0.15) is 5.75 Å². The highest BCUT2D eigenvalue weighted by atomic mass is 32.2. The number of hydrogen-bond donors (Lipinski definition) is 1. The third-order valence-electron chi connectivity index (χ3n) is 3.53. The van der Waals surface area contributed by atoms with E-state index in [9.17, 15) is 8.42 Å². The van der Waals surface area contributed by atoms with Gasteiger partial charge in [0, 0.05) is 19.1 Å². The summed E-state index contributed by atoms with van der Waals surface area (Å²) < 4.78 is 38.3. The number of para-hydroxylation sites is 1. The molecule has 1 aliphatic heterocycles. The number of nitrogens with one attached hydrogen (secondary N) is 1. The minimum atomic E-state index is -3.64. The fourth-order valence-electron chi connectivity index (χ4n) is 2.44. The van der Waals surface area contributed by atoms with Crippen LogP contribution in [0.4, 0.5) is 5.69 Å². The lowest BCUT2D eigenvalue weighted by Crippen LogP contribution is -2.14. The zero-order valence-electron chi connectivity index (χ0n) is 12.2. The van der Waals surface area contributed by atoms with Crippen LogP contribution in [-0.4, -0.2) is 22.1 Å². The van der Waals surface area contributed by atoms with E-state index in [2.05, 4.69) is 4.72 Å². The lowest BCUT2D eigenvalue weighted by atomic mass is 10.2. The van der Waals surface area contributed by atoms with Crippen LogP contribution in [0.1, 0.15) is 11.1 Å². The monoisotopic (exact) mass is 319 g/mol. The molecule has 22 heavy (non-hydrogen) atoms. The van der Waals surface area contributed by atoms with E-state index >= 15 is 0 Å². The van der Waals surface area contributed by atoms with Gasteiger partial charge >= 0.3 is 0 Å². The Hall–Kier alpha value is -2.05. The average molecular weight is 319 g/mol. The molecule has 116 valence electrons. The van der Waals surface area contributed by atoms with Crippen LogP contribution in [0.25, 0.3) is 0 Å². The number of hydrogen-bond acceptors (Lipinski definition) is 4. The number of benzene rings is 2. The molecule has 0 radical (unpaired) electrons. The van der Waals surface area contributed by atoms with Crippen molar-refractivity contribution < 1.29 is 17.9 Å². The molecule has 0 saturated heterocycles. The van der Waals surface area contributed by atoms with Crippen LogP contribution >= 0.6 is 0 Å². The van der Waals surface area contributed by atoms with Gasteiger partial charge in [0.25, 0.3) is 10.0 Å². The van der Waals surface area contributed by atoms with E-state index in [1.807, 2.05) is 12.1 Å². The Morgan fingerprint density at radius 3 is 2.86 bits per heavy atom. The number of sulfonamides is 1. The van der Waals surface area contributed by atoms with Crippen molar-refractivity contribution in [1.82, 2.24) is 0 Å². The summed E-state index contributed by atoms with van der Waals surface area (Å²) in [6.45, 7) is 0.944. The van der Waals surface area contributed by atoms with Crippen molar-refractivity contribution in [2.75, 3.05) is 18.4 Å². The first-order valence-electron chi connectivity index (χ1n) is 6.95. The summed E-state index contributed by atoms with van der Waals surface area (Å²) in [6.07, 6.45) is 0.735. The molecule has 1 N–H and O–H groups in total. The molecule has 0 fully saturated rings. The van der Waals surface area contributed by atoms with Crippen molar-refractivity contribution in [2.24, 2.45) is 0 Å². The molecule has 3 rings (SSSR count). The molecule has 0 spiro atoms. The molecule has 1 heterocycles. The van der Waals surface area contributed by atoms with Gasteiger partial charge in [-0.2, -0.15) is 0 Å². The Morgan fingerprint density at radius 1 is 1.23 bits per heavy atom. The molecular weight excluding hydrogens is 302 g/mol. The quantitative estimate of drug-likeness (QED) is 0.920. The van der Waals surface area contributed by atoms with E-state index in [0.717, 1.165) is 23.3 Å². The second-order valence-electron chi connectivity index (χ2n) is 5.06. The second-order valence-corrected chi connectivity index (χ2v) is 6.75. The van der Waals surface area contributed by atoms with E-state index in [-0.39, 0.29) is 4.90 Å². The summed E-state index contributed by atoms with van der Waals surface area (Å²) in [4.78, 5) is 0.240. The predicted octanol–water partition coefficient (Wildman–Crippen LogP) is 2.57. The van der Waals surface area contributed by atoms with Gasteiger partial charge in [-0.25, -0.2) is 8.42 Å². The standard InChI is InChI=1S/C16H17NO4S/c1-20-11-13-4-2-3-5-15(13)17-22(18,19)14-6-7-16-12(10-14)8-9-21-16/h2-7,10,17H,8-9,11H2,1H3. The fourth-order valence-corrected chi connectivity index (χ4v) is 3.59. The van der Waals surface area contributed by atoms with Crippen molar-refractivity contribution in [3.8, 4) is 5.75 Å². The van der Waals surface area contributed by atoms with Crippen LogP contribution < -0.4 is 9.46 Å². The zero-order chi connectivity index (χ0) is 15.6. The zero-order valence-corrected chi connectivity index (χ0v) is 13.0. The molecule has 0 bridgehead atoms. The molecule has 1 aliphatic rings. The first kappa shape index (κ1) is 14.9. The lowest BCUT2D eigenvalue weighted by Gasteiger charge is -2.12. The Balaban J connectivity index is 1.91. The highest BCUT2D eigenvalue weighted by Gasteiger charge is 2.20. The van der Waals surface area contributed by atoms with Gasteiger partial charge in [-0.15, -0.1) is 0 Å². The normalized spacial score (nSPS) is 13.5. The average Bonchev–Trinajstić information content (AvgIpc) is 2.97. The SMILES string of the molecule is COCc1ccccc1NS(=O)(=O)c1ccc2c(c1)CCO2. The van der Waals surface area contributed by atoms with Crippen LogP contribution in [0.2, 0.25) is 0 Å². The van der Waals surface area contributed by atoms with E-state index in [0.29, 0.717) is 18.9 Å². The van der Waals surface area contributed by atoms with Gasteiger partial charge in [-0.3, -0.25) is 4.72 Å². The van der Waals surface area contributed by atoms with Crippen LogP contribution in [0.3, 0.4) is 0 Å². The molecule has 5 nitrogen and oxygen atoms in total. The van der Waals surface area contributed by atoms with E-state index < -0.39 is 10.0 Å². The lowest BCUT2D eigenvalue weighted by molar-refractivity contribution is 0.185. The van der Waals surface area contributed by atoms with Gasteiger partial charge in [-0.05, 0) is 29.8 Å². The Morgan fingerprint density at radius 2 is 2.05 bits per heavy atom.